The van der Waals surface area contributed by atoms with Gasteiger partial charge in [0.05, 0.1) is 18.5 Å². The first-order valence-corrected chi connectivity index (χ1v) is 7.05. The quantitative estimate of drug-likeness (QED) is 0.541. The van der Waals surface area contributed by atoms with E-state index in [1.165, 1.54) is 12.5 Å². The third-order valence-corrected chi connectivity index (χ3v) is 3.79. The van der Waals surface area contributed by atoms with Crippen molar-refractivity contribution in [1.29, 1.82) is 0 Å². The number of ether oxygens (including phenoxy) is 1. The molecule has 3 nitrogen and oxygen atoms in total. The number of para-hydroxylation sites is 1. The van der Waals surface area contributed by atoms with E-state index in [2.05, 4.69) is 18.2 Å². The number of nitrogens with zero attached hydrogens (tertiary/aromatic N) is 1. The lowest BCUT2D eigenvalue weighted by molar-refractivity contribution is -0.144. The molecule has 0 aliphatic carbocycles. The van der Waals surface area contributed by atoms with E-state index < -0.39 is 0 Å². The second kappa shape index (κ2) is 5.52. The van der Waals surface area contributed by atoms with Crippen LogP contribution in [-0.2, 0) is 16.0 Å². The molecule has 3 rings (SSSR count). The molecule has 0 radical (unpaired) electrons. The van der Waals surface area contributed by atoms with Crippen LogP contribution >= 0.6 is 0 Å². The van der Waals surface area contributed by atoms with Gasteiger partial charge in [-0.15, -0.1) is 0 Å². The lowest BCUT2D eigenvalue weighted by atomic mass is 9.98. The van der Waals surface area contributed by atoms with Crippen LogP contribution in [0.4, 0.5) is 0 Å². The average Bonchev–Trinajstić information content (AvgIpc) is 2.54. The number of rotatable bonds is 3. The summed E-state index contributed by atoms with van der Waals surface area (Å²) in [7, 11) is 1.42. The van der Waals surface area contributed by atoms with E-state index >= 15 is 0 Å². The minimum Gasteiger partial charge on any atom is -0.469 e. The number of fused-ring (bicyclic) bond motifs is 3. The second-order valence-electron chi connectivity index (χ2n) is 5.25. The molecule has 3 aromatic rings. The van der Waals surface area contributed by atoms with Crippen LogP contribution in [-0.4, -0.2) is 18.1 Å². The van der Waals surface area contributed by atoms with E-state index in [4.69, 9.17) is 9.72 Å². The van der Waals surface area contributed by atoms with E-state index in [9.17, 15) is 4.79 Å². The average molecular weight is 279 g/mol. The van der Waals surface area contributed by atoms with Crippen molar-refractivity contribution in [2.75, 3.05) is 7.11 Å². The summed E-state index contributed by atoms with van der Waals surface area (Å²) in [6.07, 6.45) is 0.581. The van der Waals surface area contributed by atoms with Crippen LogP contribution in [0.1, 0.15) is 12.6 Å². The van der Waals surface area contributed by atoms with Crippen molar-refractivity contribution in [3.05, 3.63) is 54.2 Å². The lowest BCUT2D eigenvalue weighted by Gasteiger charge is -2.12. The fourth-order valence-electron chi connectivity index (χ4n) is 2.70. The minimum atomic E-state index is -0.202. The molecule has 21 heavy (non-hydrogen) atoms. The maximum atomic E-state index is 11.7. The third-order valence-electron chi connectivity index (χ3n) is 3.79. The molecule has 1 aromatic heterocycles. The summed E-state index contributed by atoms with van der Waals surface area (Å²) in [6, 6.07) is 16.3. The number of carbonyl (C=O) groups excluding carboxylic acids is 1. The Morgan fingerprint density at radius 1 is 1.05 bits per heavy atom. The Kier molecular flexibility index (Phi) is 3.57. The van der Waals surface area contributed by atoms with Gasteiger partial charge in [-0.25, -0.2) is 0 Å². The number of benzene rings is 2. The van der Waals surface area contributed by atoms with E-state index in [1.54, 1.807) is 0 Å². The molecule has 0 spiro atoms. The number of hydrogen-bond donors (Lipinski definition) is 0. The number of carbonyl (C=O) groups is 1. The fraction of sp³-hybridized carbons (Fsp3) is 0.222. The summed E-state index contributed by atoms with van der Waals surface area (Å²) >= 11 is 0. The smallest absolute Gasteiger partial charge is 0.308 e. The van der Waals surface area contributed by atoms with Gasteiger partial charge in [-0.3, -0.25) is 9.78 Å². The molecule has 0 amide bonds. The predicted octanol–water partition coefficient (Wildman–Crippen LogP) is 3.74. The van der Waals surface area contributed by atoms with Crippen LogP contribution < -0.4 is 0 Å². The Labute approximate surface area is 123 Å². The van der Waals surface area contributed by atoms with Crippen molar-refractivity contribution in [3.8, 4) is 0 Å². The van der Waals surface area contributed by atoms with Gasteiger partial charge in [-0.2, -0.15) is 0 Å². The van der Waals surface area contributed by atoms with Gasteiger partial charge in [0.2, 0.25) is 0 Å². The van der Waals surface area contributed by atoms with Crippen molar-refractivity contribution in [2.45, 2.75) is 13.3 Å². The molecule has 106 valence electrons. The first-order chi connectivity index (χ1) is 10.2. The van der Waals surface area contributed by atoms with Gasteiger partial charge >= 0.3 is 5.97 Å². The van der Waals surface area contributed by atoms with Gasteiger partial charge in [-0.05, 0) is 11.5 Å². The third kappa shape index (κ3) is 2.47. The maximum Gasteiger partial charge on any atom is 0.308 e. The molecule has 3 heteroatoms. The van der Waals surface area contributed by atoms with Crippen LogP contribution in [0.3, 0.4) is 0 Å². The zero-order valence-electron chi connectivity index (χ0n) is 12.2. The number of aromatic nitrogens is 1. The Morgan fingerprint density at radius 3 is 2.38 bits per heavy atom. The topological polar surface area (TPSA) is 39.2 Å². The van der Waals surface area contributed by atoms with Gasteiger partial charge in [0, 0.05) is 22.9 Å². The van der Waals surface area contributed by atoms with Crippen LogP contribution in [0.2, 0.25) is 0 Å². The molecule has 0 aliphatic rings. The second-order valence-corrected chi connectivity index (χ2v) is 5.25. The van der Waals surface area contributed by atoms with Gasteiger partial charge in [0.15, 0.2) is 0 Å². The van der Waals surface area contributed by atoms with Crippen LogP contribution in [0.25, 0.3) is 21.7 Å². The molecule has 0 N–H and O–H groups in total. The van der Waals surface area contributed by atoms with Crippen LogP contribution in [0.15, 0.2) is 48.5 Å². The van der Waals surface area contributed by atoms with Crippen molar-refractivity contribution in [3.63, 3.8) is 0 Å². The van der Waals surface area contributed by atoms with Crippen molar-refractivity contribution in [1.82, 2.24) is 4.98 Å². The zero-order chi connectivity index (χ0) is 14.8. The highest BCUT2D eigenvalue weighted by molar-refractivity contribution is 6.06. The van der Waals surface area contributed by atoms with Crippen molar-refractivity contribution in [2.24, 2.45) is 5.92 Å². The first kappa shape index (κ1) is 13.6. The number of methoxy groups -OCH3 is 1. The Balaban J connectivity index is 2.18. The summed E-state index contributed by atoms with van der Waals surface area (Å²) in [5.41, 5.74) is 1.91. The van der Waals surface area contributed by atoms with Crippen molar-refractivity contribution >= 4 is 27.6 Å². The normalized spacial score (nSPS) is 12.5. The van der Waals surface area contributed by atoms with Gasteiger partial charge in [0.25, 0.3) is 0 Å². The molecule has 1 atom stereocenters. The van der Waals surface area contributed by atoms with E-state index in [1.807, 2.05) is 37.3 Å². The summed E-state index contributed by atoms with van der Waals surface area (Å²) in [5, 5.41) is 3.42. The maximum absolute atomic E-state index is 11.7. The molecule has 0 saturated heterocycles. The molecule has 0 bridgehead atoms. The predicted molar refractivity (Wildman–Crippen MR) is 84.1 cm³/mol. The Morgan fingerprint density at radius 2 is 1.67 bits per heavy atom. The molecule has 1 unspecified atom stereocenters. The highest BCUT2D eigenvalue weighted by Gasteiger charge is 2.17. The summed E-state index contributed by atoms with van der Waals surface area (Å²) in [4.78, 5) is 16.4. The minimum absolute atomic E-state index is 0.200. The number of pyridine rings is 1. The molecule has 0 saturated carbocycles. The molecular formula is C18H17NO2. The van der Waals surface area contributed by atoms with Crippen LogP contribution in [0.5, 0.6) is 0 Å². The van der Waals surface area contributed by atoms with Gasteiger partial charge in [0.1, 0.15) is 0 Å². The van der Waals surface area contributed by atoms with Crippen LogP contribution in [0, 0.1) is 5.92 Å². The summed E-state index contributed by atoms with van der Waals surface area (Å²) in [6.45, 7) is 1.87. The van der Waals surface area contributed by atoms with Gasteiger partial charge < -0.3 is 4.74 Å². The monoisotopic (exact) mass is 279 g/mol. The summed E-state index contributed by atoms with van der Waals surface area (Å²) in [5.74, 6) is -0.402. The standard InChI is InChI=1S/C18H17NO2/c1-12(18(20)21-2)11-17-15-9-4-3-7-13(15)14-8-5-6-10-16(14)19-17/h3-10,12H,11H2,1-2H3. The highest BCUT2D eigenvalue weighted by Crippen LogP contribution is 2.27. The highest BCUT2D eigenvalue weighted by atomic mass is 16.5. The van der Waals surface area contributed by atoms with E-state index in [-0.39, 0.29) is 11.9 Å². The first-order valence-electron chi connectivity index (χ1n) is 7.05. The molecule has 1 heterocycles. The fourth-order valence-corrected chi connectivity index (χ4v) is 2.70. The lowest BCUT2D eigenvalue weighted by Crippen LogP contribution is -2.16. The van der Waals surface area contributed by atoms with Crippen molar-refractivity contribution < 1.29 is 9.53 Å². The summed E-state index contributed by atoms with van der Waals surface area (Å²) < 4.78 is 4.82. The Hall–Kier alpha value is -2.42. The molecule has 0 fully saturated rings. The number of hydrogen-bond acceptors (Lipinski definition) is 3. The van der Waals surface area contributed by atoms with E-state index in [0.717, 1.165) is 22.0 Å². The number of esters is 1. The van der Waals surface area contributed by atoms with E-state index in [0.29, 0.717) is 6.42 Å². The molecule has 2 aromatic carbocycles. The zero-order valence-corrected chi connectivity index (χ0v) is 12.2. The largest absolute Gasteiger partial charge is 0.469 e. The molecule has 0 aliphatic heterocycles. The molecular weight excluding hydrogens is 262 g/mol. The van der Waals surface area contributed by atoms with Gasteiger partial charge in [-0.1, -0.05) is 49.4 Å². The SMILES string of the molecule is COC(=O)C(C)Cc1nc2ccccc2c2ccccc12. The Bertz CT molecular complexity index is 811.